The molecule has 0 amide bonds. The fraction of sp³-hybridized carbons (Fsp3) is 0.400. The van der Waals surface area contributed by atoms with Gasteiger partial charge in [0.25, 0.3) is 10.0 Å². The summed E-state index contributed by atoms with van der Waals surface area (Å²) in [6.07, 6.45) is -3.09. The minimum atomic E-state index is -4.47. The molecule has 1 unspecified atom stereocenters. The summed E-state index contributed by atoms with van der Waals surface area (Å²) in [7, 11) is -3.96. The Kier molecular flexibility index (Phi) is 9.16. The smallest absolute Gasteiger partial charge is 0.422 e. The summed E-state index contributed by atoms with van der Waals surface area (Å²) >= 11 is 0. The average molecular weight is 491 g/mol. The number of nitrogens with one attached hydrogen (secondary N) is 2. The minimum Gasteiger partial charge on any atom is -0.484 e. The Balaban J connectivity index is 0.000000569. The first kappa shape index (κ1) is 26.5. The number of aromatic amines is 1. The van der Waals surface area contributed by atoms with Crippen molar-refractivity contribution in [1.82, 2.24) is 19.7 Å². The molecule has 3 aromatic rings. The fourth-order valence-corrected chi connectivity index (χ4v) is 3.40. The Labute approximate surface area is 188 Å². The molecule has 9 nitrogen and oxygen atoms in total. The van der Waals surface area contributed by atoms with Crippen LogP contribution in [-0.4, -0.2) is 59.1 Å². The van der Waals surface area contributed by atoms with Crippen LogP contribution in [0.25, 0.3) is 11.0 Å². The zero-order valence-corrected chi connectivity index (χ0v) is 18.7. The van der Waals surface area contributed by atoms with Crippen molar-refractivity contribution in [2.75, 3.05) is 13.2 Å². The number of aliphatic hydroxyl groups is 2. The summed E-state index contributed by atoms with van der Waals surface area (Å²) in [5.74, 6) is -0.0136. The molecule has 2 heterocycles. The van der Waals surface area contributed by atoms with E-state index in [-0.39, 0.29) is 29.8 Å². The first-order chi connectivity index (χ1) is 15.5. The number of benzene rings is 1. The molecule has 33 heavy (non-hydrogen) atoms. The highest BCUT2D eigenvalue weighted by Gasteiger charge is 2.29. The highest BCUT2D eigenvalue weighted by molar-refractivity contribution is 7.89. The molecule has 0 aliphatic heterocycles. The number of hydrogen-bond donors (Lipinski definition) is 4. The van der Waals surface area contributed by atoms with Gasteiger partial charge in [-0.15, -0.1) is 0 Å². The molecular weight excluding hydrogens is 465 g/mol. The van der Waals surface area contributed by atoms with Crippen molar-refractivity contribution in [3.63, 3.8) is 0 Å². The lowest BCUT2D eigenvalue weighted by atomic mass is 10.2. The number of imidazole rings is 1. The number of aliphatic hydroxyl groups excluding tert-OH is 2. The molecule has 4 N–H and O–H groups in total. The summed E-state index contributed by atoms with van der Waals surface area (Å²) in [5, 5.41) is 16.2. The van der Waals surface area contributed by atoms with Gasteiger partial charge in [0.2, 0.25) is 5.16 Å². The Hall–Kier alpha value is -2.74. The van der Waals surface area contributed by atoms with E-state index in [9.17, 15) is 21.6 Å². The van der Waals surface area contributed by atoms with E-state index < -0.39 is 28.9 Å². The molecule has 0 aliphatic rings. The van der Waals surface area contributed by atoms with E-state index in [2.05, 4.69) is 19.7 Å². The summed E-state index contributed by atoms with van der Waals surface area (Å²) in [6, 6.07) is 8.11. The second-order valence-electron chi connectivity index (χ2n) is 6.91. The molecule has 13 heteroatoms. The third kappa shape index (κ3) is 7.96. The molecule has 1 aromatic carbocycles. The second kappa shape index (κ2) is 11.4. The Bertz CT molecular complexity index is 1120. The Morgan fingerprint density at radius 1 is 1.24 bits per heavy atom. The number of sulfonamides is 1. The second-order valence-corrected chi connectivity index (χ2v) is 8.60. The zero-order chi connectivity index (χ0) is 24.6. The van der Waals surface area contributed by atoms with E-state index in [0.717, 1.165) is 0 Å². The van der Waals surface area contributed by atoms with E-state index in [1.165, 1.54) is 19.2 Å². The van der Waals surface area contributed by atoms with Crippen LogP contribution >= 0.6 is 0 Å². The third-order valence-corrected chi connectivity index (χ3v) is 5.61. The van der Waals surface area contributed by atoms with Gasteiger partial charge in [-0.1, -0.05) is 19.1 Å². The zero-order valence-electron chi connectivity index (χ0n) is 17.9. The molecular formula is C20H25F3N4O5S. The van der Waals surface area contributed by atoms with Gasteiger partial charge in [-0.05, 0) is 31.5 Å². The van der Waals surface area contributed by atoms with Crippen LogP contribution in [0, 0.1) is 6.92 Å². The van der Waals surface area contributed by atoms with Gasteiger partial charge in [0.05, 0.1) is 36.0 Å². The van der Waals surface area contributed by atoms with Crippen LogP contribution in [-0.2, 0) is 16.6 Å². The number of nitrogens with zero attached hydrogens (tertiary/aromatic N) is 2. The highest BCUT2D eigenvalue weighted by atomic mass is 32.2. The number of H-pyrrole nitrogens is 1. The van der Waals surface area contributed by atoms with Crippen LogP contribution in [0.3, 0.4) is 0 Å². The summed E-state index contributed by atoms with van der Waals surface area (Å²) < 4.78 is 68.8. The molecule has 0 aliphatic carbocycles. The number of para-hydroxylation sites is 2. The number of pyridine rings is 1. The predicted molar refractivity (Wildman–Crippen MR) is 114 cm³/mol. The molecule has 0 saturated carbocycles. The lowest BCUT2D eigenvalue weighted by Gasteiger charge is -2.13. The quantitative estimate of drug-likeness (QED) is 0.381. The first-order valence-corrected chi connectivity index (χ1v) is 11.3. The highest BCUT2D eigenvalue weighted by Crippen LogP contribution is 2.23. The van der Waals surface area contributed by atoms with Crippen LogP contribution in [0.2, 0.25) is 0 Å². The maximum Gasteiger partial charge on any atom is 0.422 e. The monoisotopic (exact) mass is 490 g/mol. The minimum absolute atomic E-state index is 0.0136. The molecule has 0 radical (unpaired) electrons. The standard InChI is InChI=1S/C16H15F3N4O3S.C4H10O2/c1-10-13(20-7-6-14(10)26-9-16(17,18)19)8-21-27(24,25)15-22-11-4-2-3-5-12(11)23-15;1-2-4(6)3-5/h2-7,21H,8-9H2,1H3,(H,22,23);4-6H,2-3H2,1H3. The molecule has 0 fully saturated rings. The summed E-state index contributed by atoms with van der Waals surface area (Å²) in [4.78, 5) is 10.7. The van der Waals surface area contributed by atoms with Crippen molar-refractivity contribution in [3.05, 3.63) is 47.8 Å². The van der Waals surface area contributed by atoms with E-state index in [1.807, 2.05) is 6.92 Å². The molecule has 0 saturated heterocycles. The van der Waals surface area contributed by atoms with Gasteiger partial charge in [-0.2, -0.15) is 13.2 Å². The van der Waals surface area contributed by atoms with Crippen LogP contribution < -0.4 is 9.46 Å². The number of rotatable bonds is 8. The number of aromatic nitrogens is 3. The van der Waals surface area contributed by atoms with Gasteiger partial charge in [0.1, 0.15) is 5.75 Å². The first-order valence-electron chi connectivity index (χ1n) is 9.84. The van der Waals surface area contributed by atoms with Crippen molar-refractivity contribution < 1.29 is 36.5 Å². The number of fused-ring (bicyclic) bond motifs is 1. The third-order valence-electron chi connectivity index (χ3n) is 4.38. The molecule has 1 atom stereocenters. The Morgan fingerprint density at radius 3 is 2.52 bits per heavy atom. The van der Waals surface area contributed by atoms with Crippen molar-refractivity contribution in [1.29, 1.82) is 0 Å². The van der Waals surface area contributed by atoms with Crippen LogP contribution in [0.15, 0.2) is 41.7 Å². The van der Waals surface area contributed by atoms with Crippen molar-refractivity contribution in [3.8, 4) is 5.75 Å². The number of ether oxygens (including phenoxy) is 1. The fourth-order valence-electron chi connectivity index (χ4n) is 2.47. The lowest BCUT2D eigenvalue weighted by Crippen LogP contribution is -2.25. The van der Waals surface area contributed by atoms with Gasteiger partial charge >= 0.3 is 6.18 Å². The average Bonchev–Trinajstić information content (AvgIpc) is 3.22. The van der Waals surface area contributed by atoms with Gasteiger partial charge in [0.15, 0.2) is 6.61 Å². The van der Waals surface area contributed by atoms with Crippen LogP contribution in [0.1, 0.15) is 24.6 Å². The van der Waals surface area contributed by atoms with Crippen molar-refractivity contribution in [2.45, 2.75) is 44.2 Å². The van der Waals surface area contributed by atoms with Crippen molar-refractivity contribution in [2.24, 2.45) is 0 Å². The van der Waals surface area contributed by atoms with E-state index >= 15 is 0 Å². The predicted octanol–water partition coefficient (Wildman–Crippen LogP) is 2.44. The van der Waals surface area contributed by atoms with E-state index in [1.54, 1.807) is 24.3 Å². The molecule has 2 aromatic heterocycles. The normalized spacial score (nSPS) is 12.8. The van der Waals surface area contributed by atoms with Crippen LogP contribution in [0.4, 0.5) is 13.2 Å². The SMILES string of the molecule is CCC(O)CO.Cc1c(OCC(F)(F)F)ccnc1CNS(=O)(=O)c1nc2ccccc2[nH]1. The molecule has 182 valence electrons. The van der Waals surface area contributed by atoms with Gasteiger partial charge in [-0.3, -0.25) is 4.98 Å². The van der Waals surface area contributed by atoms with Gasteiger partial charge < -0.3 is 19.9 Å². The molecule has 0 bridgehead atoms. The maximum atomic E-state index is 12.4. The van der Waals surface area contributed by atoms with Gasteiger partial charge in [0, 0.05) is 11.8 Å². The molecule has 0 spiro atoms. The number of hydrogen-bond acceptors (Lipinski definition) is 7. The Morgan fingerprint density at radius 2 is 1.94 bits per heavy atom. The van der Waals surface area contributed by atoms with E-state index in [4.69, 9.17) is 14.9 Å². The maximum absolute atomic E-state index is 12.4. The molecule has 3 rings (SSSR count). The lowest BCUT2D eigenvalue weighted by molar-refractivity contribution is -0.153. The summed E-state index contributed by atoms with van der Waals surface area (Å²) in [5.41, 5.74) is 1.62. The van der Waals surface area contributed by atoms with Gasteiger partial charge in [-0.25, -0.2) is 18.1 Å². The number of alkyl halides is 3. The topological polar surface area (TPSA) is 137 Å². The number of halogens is 3. The summed E-state index contributed by atoms with van der Waals surface area (Å²) in [6.45, 7) is 1.54. The largest absolute Gasteiger partial charge is 0.484 e. The van der Waals surface area contributed by atoms with Crippen LogP contribution in [0.5, 0.6) is 5.75 Å². The van der Waals surface area contributed by atoms with E-state index in [0.29, 0.717) is 23.0 Å². The van der Waals surface area contributed by atoms with Crippen molar-refractivity contribution >= 4 is 21.1 Å².